The molecule has 9 heteroatoms. The number of likely N-dealkylation sites (tertiary alicyclic amines) is 1. The Hall–Kier alpha value is -1.87. The standard InChI is InChI=1S/C14H18F3N3O3/c15-14(16,17)12-4-3-10(6-18-12)19-13(23)20-5-1-2-9(7-21)11(20)8-22/h3-4,6,9,11,21-22H,1-2,5,7-8H2,(H,19,23)/t9-,11+/m0/s1. The highest BCUT2D eigenvalue weighted by Crippen LogP contribution is 2.28. The summed E-state index contributed by atoms with van der Waals surface area (Å²) in [4.78, 5) is 16.9. The van der Waals surface area contributed by atoms with Crippen molar-refractivity contribution in [1.82, 2.24) is 9.88 Å². The molecule has 1 saturated heterocycles. The van der Waals surface area contributed by atoms with Crippen LogP contribution in [-0.4, -0.2) is 51.9 Å². The van der Waals surface area contributed by atoms with Crippen LogP contribution in [0.4, 0.5) is 23.7 Å². The first kappa shape index (κ1) is 17.5. The van der Waals surface area contributed by atoms with Crippen molar-refractivity contribution in [3.63, 3.8) is 0 Å². The lowest BCUT2D eigenvalue weighted by atomic mass is 9.90. The average molecular weight is 333 g/mol. The highest BCUT2D eigenvalue weighted by atomic mass is 19.4. The number of carbonyl (C=O) groups is 1. The molecule has 23 heavy (non-hydrogen) atoms. The molecule has 6 nitrogen and oxygen atoms in total. The molecule has 1 aromatic rings. The zero-order valence-corrected chi connectivity index (χ0v) is 12.3. The fourth-order valence-corrected chi connectivity index (χ4v) is 2.68. The molecule has 0 bridgehead atoms. The van der Waals surface area contributed by atoms with E-state index in [9.17, 15) is 28.2 Å². The van der Waals surface area contributed by atoms with Gasteiger partial charge in [0, 0.05) is 19.1 Å². The van der Waals surface area contributed by atoms with Crippen molar-refractivity contribution in [3.8, 4) is 0 Å². The molecule has 128 valence electrons. The molecule has 2 rings (SSSR count). The number of amides is 2. The van der Waals surface area contributed by atoms with E-state index >= 15 is 0 Å². The summed E-state index contributed by atoms with van der Waals surface area (Å²) in [6.45, 7) is -0.0254. The molecule has 1 aliphatic heterocycles. The van der Waals surface area contributed by atoms with Gasteiger partial charge in [0.15, 0.2) is 0 Å². The van der Waals surface area contributed by atoms with E-state index in [-0.39, 0.29) is 24.8 Å². The Labute approximate surface area is 130 Å². The van der Waals surface area contributed by atoms with Gasteiger partial charge in [-0.15, -0.1) is 0 Å². The van der Waals surface area contributed by atoms with E-state index in [1.165, 1.54) is 4.90 Å². The monoisotopic (exact) mass is 333 g/mol. The van der Waals surface area contributed by atoms with Crippen molar-refractivity contribution in [3.05, 3.63) is 24.0 Å². The number of rotatable bonds is 3. The van der Waals surface area contributed by atoms with Crippen LogP contribution in [0.5, 0.6) is 0 Å². The molecule has 2 atom stereocenters. The highest BCUT2D eigenvalue weighted by Gasteiger charge is 2.34. The second-order valence-electron chi connectivity index (χ2n) is 5.39. The third-order valence-electron chi connectivity index (χ3n) is 3.91. The van der Waals surface area contributed by atoms with Gasteiger partial charge >= 0.3 is 12.2 Å². The zero-order chi connectivity index (χ0) is 17.0. The molecule has 3 N–H and O–H groups in total. The van der Waals surface area contributed by atoms with Crippen LogP contribution in [0.15, 0.2) is 18.3 Å². The maximum absolute atomic E-state index is 12.4. The van der Waals surface area contributed by atoms with Crippen molar-refractivity contribution in [2.75, 3.05) is 25.1 Å². The number of aliphatic hydroxyl groups excluding tert-OH is 2. The Morgan fingerprint density at radius 1 is 1.35 bits per heavy atom. The molecule has 0 aliphatic carbocycles. The van der Waals surface area contributed by atoms with Gasteiger partial charge in [0.1, 0.15) is 5.69 Å². The van der Waals surface area contributed by atoms with E-state index in [0.29, 0.717) is 19.4 Å². The smallest absolute Gasteiger partial charge is 0.396 e. The van der Waals surface area contributed by atoms with Gasteiger partial charge in [-0.05, 0) is 25.0 Å². The lowest BCUT2D eigenvalue weighted by Gasteiger charge is -2.39. The van der Waals surface area contributed by atoms with Crippen LogP contribution in [0.3, 0.4) is 0 Å². The molecule has 0 aromatic carbocycles. The number of aromatic nitrogens is 1. The number of aliphatic hydroxyl groups is 2. The number of carbonyl (C=O) groups excluding carboxylic acids is 1. The Balaban J connectivity index is 2.06. The van der Waals surface area contributed by atoms with E-state index in [4.69, 9.17) is 0 Å². The van der Waals surface area contributed by atoms with Crippen LogP contribution < -0.4 is 5.32 Å². The second kappa shape index (κ2) is 7.14. The van der Waals surface area contributed by atoms with Crippen molar-refractivity contribution >= 4 is 11.7 Å². The summed E-state index contributed by atoms with van der Waals surface area (Å²) >= 11 is 0. The molecule has 0 spiro atoms. The third kappa shape index (κ3) is 4.11. The molecule has 1 aromatic heterocycles. The van der Waals surface area contributed by atoms with E-state index in [0.717, 1.165) is 18.3 Å². The Morgan fingerprint density at radius 3 is 2.61 bits per heavy atom. The van der Waals surface area contributed by atoms with Crippen LogP contribution in [-0.2, 0) is 6.18 Å². The first-order valence-corrected chi connectivity index (χ1v) is 7.19. The van der Waals surface area contributed by atoms with Gasteiger partial charge in [-0.3, -0.25) is 0 Å². The maximum Gasteiger partial charge on any atom is 0.433 e. The Bertz CT molecular complexity index is 536. The fraction of sp³-hybridized carbons (Fsp3) is 0.571. The normalized spacial score (nSPS) is 22.0. The molecular formula is C14H18F3N3O3. The summed E-state index contributed by atoms with van der Waals surface area (Å²) in [7, 11) is 0. The Kier molecular flexibility index (Phi) is 5.42. The number of nitrogens with one attached hydrogen (secondary N) is 1. The number of nitrogens with zero attached hydrogens (tertiary/aromatic N) is 2. The van der Waals surface area contributed by atoms with Gasteiger partial charge in [-0.2, -0.15) is 13.2 Å². The first-order chi connectivity index (χ1) is 10.9. The van der Waals surface area contributed by atoms with Crippen molar-refractivity contribution < 1.29 is 28.2 Å². The van der Waals surface area contributed by atoms with Crippen LogP contribution in [0, 0.1) is 5.92 Å². The molecular weight excluding hydrogens is 315 g/mol. The largest absolute Gasteiger partial charge is 0.433 e. The number of piperidine rings is 1. The molecule has 2 amide bonds. The number of hydrogen-bond donors (Lipinski definition) is 3. The summed E-state index contributed by atoms with van der Waals surface area (Å²) in [5, 5.41) is 21.2. The van der Waals surface area contributed by atoms with E-state index < -0.39 is 23.9 Å². The predicted octanol–water partition coefficient (Wildman–Crippen LogP) is 1.70. The van der Waals surface area contributed by atoms with Gasteiger partial charge in [-0.25, -0.2) is 9.78 Å². The van der Waals surface area contributed by atoms with Crippen molar-refractivity contribution in [2.45, 2.75) is 25.1 Å². The van der Waals surface area contributed by atoms with E-state index in [2.05, 4.69) is 10.3 Å². The van der Waals surface area contributed by atoms with Crippen molar-refractivity contribution in [2.24, 2.45) is 5.92 Å². The van der Waals surface area contributed by atoms with Crippen LogP contribution in [0.25, 0.3) is 0 Å². The number of pyridine rings is 1. The molecule has 1 fully saturated rings. The van der Waals surface area contributed by atoms with Gasteiger partial charge in [-0.1, -0.05) is 0 Å². The van der Waals surface area contributed by atoms with Crippen LogP contribution >= 0.6 is 0 Å². The van der Waals surface area contributed by atoms with Crippen molar-refractivity contribution in [1.29, 1.82) is 0 Å². The minimum absolute atomic E-state index is 0.130. The van der Waals surface area contributed by atoms with E-state index in [1.54, 1.807) is 0 Å². The summed E-state index contributed by atoms with van der Waals surface area (Å²) in [5.41, 5.74) is -0.909. The molecule has 0 saturated carbocycles. The highest BCUT2D eigenvalue weighted by molar-refractivity contribution is 5.89. The van der Waals surface area contributed by atoms with Gasteiger partial charge < -0.3 is 20.4 Å². The molecule has 1 aliphatic rings. The summed E-state index contributed by atoms with van der Waals surface area (Å²) in [5.74, 6) is -0.217. The number of alkyl halides is 3. The topological polar surface area (TPSA) is 85.7 Å². The lowest BCUT2D eigenvalue weighted by molar-refractivity contribution is -0.141. The minimum atomic E-state index is -4.54. The molecule has 0 unspecified atom stereocenters. The van der Waals surface area contributed by atoms with Gasteiger partial charge in [0.25, 0.3) is 0 Å². The number of urea groups is 1. The fourth-order valence-electron chi connectivity index (χ4n) is 2.68. The average Bonchev–Trinajstić information content (AvgIpc) is 2.53. The zero-order valence-electron chi connectivity index (χ0n) is 12.3. The maximum atomic E-state index is 12.4. The van der Waals surface area contributed by atoms with E-state index in [1.807, 2.05) is 0 Å². The quantitative estimate of drug-likeness (QED) is 0.786. The summed E-state index contributed by atoms with van der Waals surface area (Å²) in [6.07, 6.45) is -2.22. The van der Waals surface area contributed by atoms with Gasteiger partial charge in [0.05, 0.1) is 24.5 Å². The first-order valence-electron chi connectivity index (χ1n) is 7.19. The summed E-state index contributed by atoms with van der Waals surface area (Å²) in [6, 6.07) is 0.848. The molecule has 2 heterocycles. The minimum Gasteiger partial charge on any atom is -0.396 e. The SMILES string of the molecule is O=C(Nc1ccc(C(F)(F)F)nc1)N1CCC[C@@H](CO)[C@H]1CO. The number of halogens is 3. The Morgan fingerprint density at radius 2 is 2.09 bits per heavy atom. The second-order valence-corrected chi connectivity index (χ2v) is 5.39. The lowest BCUT2D eigenvalue weighted by Crippen LogP contribution is -2.52. The van der Waals surface area contributed by atoms with Gasteiger partial charge in [0.2, 0.25) is 0 Å². The predicted molar refractivity (Wildman–Crippen MR) is 75.6 cm³/mol. The van der Waals surface area contributed by atoms with Crippen LogP contribution in [0.2, 0.25) is 0 Å². The molecule has 0 radical (unpaired) electrons. The number of anilines is 1. The summed E-state index contributed by atoms with van der Waals surface area (Å²) < 4.78 is 37.3. The third-order valence-corrected chi connectivity index (χ3v) is 3.91. The number of hydrogen-bond acceptors (Lipinski definition) is 4. The van der Waals surface area contributed by atoms with Crippen LogP contribution in [0.1, 0.15) is 18.5 Å².